The fourth-order valence-electron chi connectivity index (χ4n) is 2.54. The third kappa shape index (κ3) is 3.14. The summed E-state index contributed by atoms with van der Waals surface area (Å²) in [6, 6.07) is 11.7. The molecule has 3 rings (SSSR count). The topological polar surface area (TPSA) is 45.2 Å². The summed E-state index contributed by atoms with van der Waals surface area (Å²) in [5, 5.41) is 3.44. The zero-order chi connectivity index (χ0) is 14.7. The fourth-order valence-corrected chi connectivity index (χ4v) is 3.00. The number of hydrogen-bond acceptors (Lipinski definition) is 3. The van der Waals surface area contributed by atoms with Gasteiger partial charge in [0, 0.05) is 36.5 Å². The predicted molar refractivity (Wildman–Crippen MR) is 85.0 cm³/mol. The Labute approximate surface area is 132 Å². The first-order chi connectivity index (χ1) is 10.3. The van der Waals surface area contributed by atoms with E-state index in [9.17, 15) is 4.79 Å². The first-order valence-corrected chi connectivity index (χ1v) is 7.72. The van der Waals surface area contributed by atoms with Crippen LogP contribution in [0.2, 0.25) is 0 Å². The molecule has 5 heteroatoms. The normalized spacial score (nSPS) is 18.5. The molecular formula is C16H16BrN3O. The lowest BCUT2D eigenvalue weighted by atomic mass is 10.1. The van der Waals surface area contributed by atoms with Crippen molar-refractivity contribution in [3.05, 3.63) is 64.4 Å². The zero-order valence-electron chi connectivity index (χ0n) is 11.5. The average molecular weight is 346 g/mol. The van der Waals surface area contributed by atoms with E-state index in [4.69, 9.17) is 0 Å². The molecule has 1 aromatic heterocycles. The van der Waals surface area contributed by atoms with Crippen LogP contribution in [0.3, 0.4) is 0 Å². The van der Waals surface area contributed by atoms with Crippen molar-refractivity contribution in [1.29, 1.82) is 0 Å². The molecule has 1 atom stereocenters. The Balaban J connectivity index is 1.77. The lowest BCUT2D eigenvalue weighted by Gasteiger charge is -2.34. The van der Waals surface area contributed by atoms with Gasteiger partial charge in [-0.05, 0) is 39.7 Å². The highest BCUT2D eigenvalue weighted by Gasteiger charge is 2.25. The second-order valence-corrected chi connectivity index (χ2v) is 5.88. The monoisotopic (exact) mass is 345 g/mol. The van der Waals surface area contributed by atoms with Crippen molar-refractivity contribution >= 4 is 21.8 Å². The summed E-state index contributed by atoms with van der Waals surface area (Å²) in [6.45, 7) is 2.17. The van der Waals surface area contributed by atoms with Crippen LogP contribution in [0.15, 0.2) is 53.3 Å². The molecular weight excluding hydrogens is 330 g/mol. The summed E-state index contributed by atoms with van der Waals surface area (Å²) in [6.07, 6.45) is 3.61. The average Bonchev–Trinajstić information content (AvgIpc) is 2.56. The highest BCUT2D eigenvalue weighted by atomic mass is 79.9. The van der Waals surface area contributed by atoms with Gasteiger partial charge in [0.1, 0.15) is 0 Å². The van der Waals surface area contributed by atoms with Gasteiger partial charge in [-0.25, -0.2) is 0 Å². The number of hydrogen-bond donors (Lipinski definition) is 1. The minimum Gasteiger partial charge on any atom is -0.335 e. The summed E-state index contributed by atoms with van der Waals surface area (Å²) >= 11 is 3.45. The quantitative estimate of drug-likeness (QED) is 0.909. The molecule has 21 heavy (non-hydrogen) atoms. The zero-order valence-corrected chi connectivity index (χ0v) is 13.1. The van der Waals surface area contributed by atoms with Crippen LogP contribution in [0.5, 0.6) is 0 Å². The number of pyridine rings is 1. The molecule has 2 heterocycles. The van der Waals surface area contributed by atoms with Crippen LogP contribution >= 0.6 is 15.9 Å². The maximum atomic E-state index is 12.6. The number of aromatic nitrogens is 1. The maximum Gasteiger partial charge on any atom is 0.255 e. The van der Waals surface area contributed by atoms with E-state index in [-0.39, 0.29) is 11.9 Å². The minimum absolute atomic E-state index is 0.0675. The molecule has 0 spiro atoms. The summed E-state index contributed by atoms with van der Waals surface area (Å²) in [4.78, 5) is 18.7. The van der Waals surface area contributed by atoms with Crippen molar-refractivity contribution in [2.24, 2.45) is 0 Å². The van der Waals surface area contributed by atoms with E-state index in [1.165, 1.54) is 0 Å². The SMILES string of the molecule is O=C(c1ccccc1Br)N1CCN[C@@H](c2cccnc2)C1. The number of carbonyl (C=O) groups excluding carboxylic acids is 1. The smallest absolute Gasteiger partial charge is 0.255 e. The molecule has 0 radical (unpaired) electrons. The Kier molecular flexibility index (Phi) is 4.31. The number of halogens is 1. The lowest BCUT2D eigenvalue weighted by Crippen LogP contribution is -2.48. The molecule has 1 aromatic carbocycles. The molecule has 1 aliphatic heterocycles. The number of nitrogens with one attached hydrogen (secondary N) is 1. The van der Waals surface area contributed by atoms with Gasteiger partial charge in [0.05, 0.1) is 11.6 Å². The number of amides is 1. The first-order valence-electron chi connectivity index (χ1n) is 6.93. The van der Waals surface area contributed by atoms with Gasteiger partial charge in [0.15, 0.2) is 0 Å². The van der Waals surface area contributed by atoms with Crippen molar-refractivity contribution in [1.82, 2.24) is 15.2 Å². The Morgan fingerprint density at radius 1 is 1.29 bits per heavy atom. The van der Waals surface area contributed by atoms with Crippen LogP contribution in [0.4, 0.5) is 0 Å². The molecule has 0 unspecified atom stereocenters. The molecule has 1 saturated heterocycles. The van der Waals surface area contributed by atoms with E-state index in [0.717, 1.165) is 23.1 Å². The van der Waals surface area contributed by atoms with Gasteiger partial charge in [-0.3, -0.25) is 9.78 Å². The van der Waals surface area contributed by atoms with E-state index in [2.05, 4.69) is 26.2 Å². The van der Waals surface area contributed by atoms with Crippen molar-refractivity contribution in [3.8, 4) is 0 Å². The second-order valence-electron chi connectivity index (χ2n) is 5.02. The number of piperazine rings is 1. The molecule has 108 valence electrons. The Bertz CT molecular complexity index is 632. The third-order valence-corrected chi connectivity index (χ3v) is 4.35. The van der Waals surface area contributed by atoms with Gasteiger partial charge in [0.2, 0.25) is 0 Å². The molecule has 1 aliphatic rings. The summed E-state index contributed by atoms with van der Waals surface area (Å²) in [5.74, 6) is 0.0675. The molecule has 0 bridgehead atoms. The number of nitrogens with zero attached hydrogens (tertiary/aromatic N) is 2. The first kappa shape index (κ1) is 14.2. The van der Waals surface area contributed by atoms with Crippen molar-refractivity contribution < 1.29 is 4.79 Å². The van der Waals surface area contributed by atoms with E-state index in [1.54, 1.807) is 6.20 Å². The van der Waals surface area contributed by atoms with E-state index < -0.39 is 0 Å². The van der Waals surface area contributed by atoms with Crippen molar-refractivity contribution in [3.63, 3.8) is 0 Å². The van der Waals surface area contributed by atoms with Gasteiger partial charge in [0.25, 0.3) is 5.91 Å². The molecule has 4 nitrogen and oxygen atoms in total. The van der Waals surface area contributed by atoms with Crippen LogP contribution in [0.1, 0.15) is 22.0 Å². The largest absolute Gasteiger partial charge is 0.335 e. The Hall–Kier alpha value is -1.72. The van der Waals surface area contributed by atoms with Gasteiger partial charge in [-0.1, -0.05) is 18.2 Å². The van der Waals surface area contributed by atoms with Crippen LogP contribution in [-0.4, -0.2) is 35.4 Å². The van der Waals surface area contributed by atoms with Gasteiger partial charge >= 0.3 is 0 Å². The molecule has 1 N–H and O–H groups in total. The summed E-state index contributed by atoms with van der Waals surface area (Å²) < 4.78 is 0.839. The molecule has 1 amide bonds. The summed E-state index contributed by atoms with van der Waals surface area (Å²) in [5.41, 5.74) is 1.83. The van der Waals surface area contributed by atoms with Gasteiger partial charge in [-0.15, -0.1) is 0 Å². The minimum atomic E-state index is 0.0675. The second kappa shape index (κ2) is 6.37. The highest BCUT2D eigenvalue weighted by Crippen LogP contribution is 2.21. The lowest BCUT2D eigenvalue weighted by molar-refractivity contribution is 0.0702. The number of rotatable bonds is 2. The van der Waals surface area contributed by atoms with Gasteiger partial charge in [-0.2, -0.15) is 0 Å². The Morgan fingerprint density at radius 2 is 2.14 bits per heavy atom. The van der Waals surface area contributed by atoms with Crippen LogP contribution in [0.25, 0.3) is 0 Å². The molecule has 0 aliphatic carbocycles. The number of benzene rings is 1. The van der Waals surface area contributed by atoms with Crippen molar-refractivity contribution in [2.45, 2.75) is 6.04 Å². The van der Waals surface area contributed by atoms with Crippen LogP contribution < -0.4 is 5.32 Å². The maximum absolute atomic E-state index is 12.6. The van der Waals surface area contributed by atoms with Crippen molar-refractivity contribution in [2.75, 3.05) is 19.6 Å². The summed E-state index contributed by atoms with van der Waals surface area (Å²) in [7, 11) is 0. The third-order valence-electron chi connectivity index (χ3n) is 3.65. The molecule has 1 fully saturated rings. The molecule has 2 aromatic rings. The van der Waals surface area contributed by atoms with Crippen LogP contribution in [0, 0.1) is 0 Å². The molecule has 0 saturated carbocycles. The van der Waals surface area contributed by atoms with Crippen LogP contribution in [-0.2, 0) is 0 Å². The standard InChI is InChI=1S/C16H16BrN3O/c17-14-6-2-1-5-13(14)16(21)20-9-8-19-15(11-20)12-4-3-7-18-10-12/h1-7,10,15,19H,8-9,11H2/t15-/m1/s1. The fraction of sp³-hybridized carbons (Fsp3) is 0.250. The highest BCUT2D eigenvalue weighted by molar-refractivity contribution is 9.10. The van der Waals surface area contributed by atoms with E-state index in [1.807, 2.05) is 47.5 Å². The van der Waals surface area contributed by atoms with E-state index >= 15 is 0 Å². The van der Waals surface area contributed by atoms with Gasteiger partial charge < -0.3 is 10.2 Å². The Morgan fingerprint density at radius 3 is 2.90 bits per heavy atom. The predicted octanol–water partition coefficient (Wildman–Crippen LogP) is 2.63. The van der Waals surface area contributed by atoms with E-state index in [0.29, 0.717) is 12.1 Å². The number of carbonyl (C=O) groups is 1.